The van der Waals surface area contributed by atoms with E-state index in [1.165, 1.54) is 26.2 Å². The maximum absolute atomic E-state index is 12.5. The lowest BCUT2D eigenvalue weighted by Crippen LogP contribution is -2.30. The summed E-state index contributed by atoms with van der Waals surface area (Å²) >= 11 is 0. The summed E-state index contributed by atoms with van der Waals surface area (Å²) in [6.07, 6.45) is 2.03. The Morgan fingerprint density at radius 1 is 1.03 bits per heavy atom. The van der Waals surface area contributed by atoms with Crippen LogP contribution >= 0.6 is 0 Å². The highest BCUT2D eigenvalue weighted by molar-refractivity contribution is 6.01. The maximum atomic E-state index is 12.5. The van der Waals surface area contributed by atoms with Crippen molar-refractivity contribution in [1.82, 2.24) is 0 Å². The number of ketones is 1. The van der Waals surface area contributed by atoms with E-state index in [1.807, 2.05) is 4.90 Å². The zero-order chi connectivity index (χ0) is 21.7. The van der Waals surface area contributed by atoms with Crippen molar-refractivity contribution in [2.24, 2.45) is 0 Å². The van der Waals surface area contributed by atoms with Crippen LogP contribution in [0.3, 0.4) is 0 Å². The van der Waals surface area contributed by atoms with E-state index in [-0.39, 0.29) is 17.0 Å². The first-order valence-corrected chi connectivity index (χ1v) is 9.83. The molecule has 1 atom stereocenters. The fraction of sp³-hybridized carbons (Fsp3) is 0.364. The molecule has 3 rings (SSSR count). The molecule has 0 aliphatic carbocycles. The largest absolute Gasteiger partial charge is 0.497 e. The summed E-state index contributed by atoms with van der Waals surface area (Å²) in [6.45, 7) is 2.97. The van der Waals surface area contributed by atoms with E-state index in [9.17, 15) is 19.7 Å². The predicted molar refractivity (Wildman–Crippen MR) is 111 cm³/mol. The summed E-state index contributed by atoms with van der Waals surface area (Å²) in [5.41, 5.74) is 0.776. The second kappa shape index (κ2) is 9.39. The highest BCUT2D eigenvalue weighted by Gasteiger charge is 2.25. The van der Waals surface area contributed by atoms with Crippen LogP contribution in [0.15, 0.2) is 42.5 Å². The molecule has 0 radical (unpaired) electrons. The molecule has 2 aromatic rings. The van der Waals surface area contributed by atoms with Gasteiger partial charge in [-0.2, -0.15) is 0 Å². The van der Waals surface area contributed by atoms with E-state index in [4.69, 9.17) is 9.47 Å². The third-order valence-corrected chi connectivity index (χ3v) is 5.13. The molecular weight excluding hydrogens is 388 g/mol. The fourth-order valence-electron chi connectivity index (χ4n) is 3.47. The zero-order valence-electron chi connectivity index (χ0n) is 17.0. The Hall–Kier alpha value is -3.42. The molecule has 0 spiro atoms. The van der Waals surface area contributed by atoms with Crippen molar-refractivity contribution in [3.8, 4) is 5.75 Å². The van der Waals surface area contributed by atoms with Gasteiger partial charge >= 0.3 is 5.97 Å². The lowest BCUT2D eigenvalue weighted by atomic mass is 10.1. The van der Waals surface area contributed by atoms with Crippen molar-refractivity contribution in [1.29, 1.82) is 0 Å². The first-order chi connectivity index (χ1) is 14.4. The highest BCUT2D eigenvalue weighted by atomic mass is 16.6. The van der Waals surface area contributed by atoms with Crippen molar-refractivity contribution in [3.63, 3.8) is 0 Å². The molecule has 158 valence electrons. The number of benzene rings is 2. The van der Waals surface area contributed by atoms with Gasteiger partial charge < -0.3 is 14.4 Å². The average Bonchev–Trinajstić information content (AvgIpc) is 2.78. The summed E-state index contributed by atoms with van der Waals surface area (Å²) in [5, 5.41) is 11.6. The van der Waals surface area contributed by atoms with Gasteiger partial charge in [0, 0.05) is 24.7 Å². The number of esters is 1. The quantitative estimate of drug-likeness (QED) is 0.293. The molecule has 0 N–H and O–H groups in total. The van der Waals surface area contributed by atoms with Crippen LogP contribution in [-0.2, 0) is 4.74 Å². The van der Waals surface area contributed by atoms with Crippen LogP contribution in [0, 0.1) is 10.1 Å². The lowest BCUT2D eigenvalue weighted by molar-refractivity contribution is -0.384. The normalized spacial score (nSPS) is 14.7. The summed E-state index contributed by atoms with van der Waals surface area (Å²) < 4.78 is 10.3. The molecule has 0 saturated carbocycles. The van der Waals surface area contributed by atoms with Gasteiger partial charge in [-0.25, -0.2) is 4.79 Å². The number of hydrogen-bond acceptors (Lipinski definition) is 7. The van der Waals surface area contributed by atoms with E-state index in [1.54, 1.807) is 30.3 Å². The van der Waals surface area contributed by atoms with Crippen LogP contribution < -0.4 is 9.64 Å². The second-order valence-corrected chi connectivity index (χ2v) is 7.15. The Kier molecular flexibility index (Phi) is 6.66. The molecule has 1 fully saturated rings. The van der Waals surface area contributed by atoms with E-state index in [0.717, 1.165) is 32.4 Å². The van der Waals surface area contributed by atoms with Gasteiger partial charge in [0.15, 0.2) is 6.10 Å². The number of ether oxygens (including phenoxy) is 2. The number of carbonyl (C=O) groups is 2. The topological polar surface area (TPSA) is 99.0 Å². The Bertz CT molecular complexity index is 935. The number of carbonyl (C=O) groups excluding carboxylic acids is 2. The van der Waals surface area contributed by atoms with Crippen LogP contribution in [0.4, 0.5) is 11.4 Å². The minimum Gasteiger partial charge on any atom is -0.497 e. The summed E-state index contributed by atoms with van der Waals surface area (Å²) in [4.78, 5) is 38.1. The number of methoxy groups -OCH3 is 1. The Morgan fingerprint density at radius 3 is 2.27 bits per heavy atom. The van der Waals surface area contributed by atoms with Crippen molar-refractivity contribution in [2.45, 2.75) is 32.3 Å². The number of Topliss-reactive ketones (excluding diaryl/α,β-unsaturated/α-hetero) is 1. The molecule has 1 aliphatic heterocycles. The molecule has 1 aliphatic rings. The van der Waals surface area contributed by atoms with Gasteiger partial charge in [-0.3, -0.25) is 14.9 Å². The van der Waals surface area contributed by atoms with Crippen LogP contribution in [0.5, 0.6) is 5.75 Å². The monoisotopic (exact) mass is 412 g/mol. The summed E-state index contributed by atoms with van der Waals surface area (Å²) in [5.74, 6) is -0.541. The Morgan fingerprint density at radius 2 is 1.67 bits per heavy atom. The van der Waals surface area contributed by atoms with E-state index in [2.05, 4.69) is 0 Å². The molecule has 0 unspecified atom stereocenters. The standard InChI is InChI=1S/C22H24N2O6/c1-15(21(25)16-6-9-18(29-2)10-7-16)30-22(26)17-8-11-19(20(14-17)24(27)28)23-12-4-3-5-13-23/h6-11,14-15H,3-5,12-13H2,1-2H3/t15-/m0/s1. The Labute approximate surface area is 174 Å². The zero-order valence-corrected chi connectivity index (χ0v) is 17.0. The first kappa shape index (κ1) is 21.3. The minimum atomic E-state index is -1.04. The van der Waals surface area contributed by atoms with Crippen molar-refractivity contribution >= 4 is 23.1 Å². The van der Waals surface area contributed by atoms with E-state index < -0.39 is 17.0 Å². The number of rotatable bonds is 7. The summed E-state index contributed by atoms with van der Waals surface area (Å²) in [7, 11) is 1.52. The van der Waals surface area contributed by atoms with Gasteiger partial charge in [0.05, 0.1) is 17.6 Å². The van der Waals surface area contributed by atoms with E-state index >= 15 is 0 Å². The molecule has 8 nitrogen and oxygen atoms in total. The number of anilines is 1. The average molecular weight is 412 g/mol. The first-order valence-electron chi connectivity index (χ1n) is 9.83. The summed E-state index contributed by atoms with van der Waals surface area (Å²) in [6, 6.07) is 10.8. The van der Waals surface area contributed by atoms with Crippen LogP contribution in [0.25, 0.3) is 0 Å². The van der Waals surface area contributed by atoms with Gasteiger partial charge in [-0.15, -0.1) is 0 Å². The number of nitro groups is 1. The van der Waals surface area contributed by atoms with Gasteiger partial charge in [0.25, 0.3) is 5.69 Å². The molecule has 1 heterocycles. The fourth-order valence-corrected chi connectivity index (χ4v) is 3.47. The van der Waals surface area contributed by atoms with Crippen molar-refractivity contribution in [3.05, 3.63) is 63.7 Å². The predicted octanol–water partition coefficient (Wildman–Crippen LogP) is 4.02. The molecule has 1 saturated heterocycles. The van der Waals surface area contributed by atoms with Gasteiger partial charge in [0.1, 0.15) is 11.4 Å². The molecule has 2 aromatic carbocycles. The SMILES string of the molecule is COc1ccc(C(=O)[C@H](C)OC(=O)c2ccc(N3CCCCC3)c([N+](=O)[O-])c2)cc1. The van der Waals surface area contributed by atoms with Crippen molar-refractivity contribution < 1.29 is 24.0 Å². The van der Waals surface area contributed by atoms with Gasteiger partial charge in [-0.05, 0) is 62.6 Å². The Balaban J connectivity index is 1.74. The molecular formula is C22H24N2O6. The molecule has 30 heavy (non-hydrogen) atoms. The van der Waals surface area contributed by atoms with Crippen molar-refractivity contribution in [2.75, 3.05) is 25.1 Å². The second-order valence-electron chi connectivity index (χ2n) is 7.15. The smallest absolute Gasteiger partial charge is 0.339 e. The van der Waals surface area contributed by atoms with Crippen LogP contribution in [-0.4, -0.2) is 43.0 Å². The molecule has 0 bridgehead atoms. The molecule has 0 amide bonds. The third kappa shape index (κ3) is 4.76. The highest BCUT2D eigenvalue weighted by Crippen LogP contribution is 2.31. The van der Waals surface area contributed by atoms with Gasteiger partial charge in [-0.1, -0.05) is 0 Å². The number of nitro benzene ring substituents is 1. The maximum Gasteiger partial charge on any atom is 0.339 e. The number of piperidine rings is 1. The van der Waals surface area contributed by atoms with Crippen LogP contribution in [0.1, 0.15) is 46.9 Å². The number of hydrogen-bond donors (Lipinski definition) is 0. The minimum absolute atomic E-state index is 0.0387. The number of nitrogens with zero attached hydrogens (tertiary/aromatic N) is 2. The third-order valence-electron chi connectivity index (χ3n) is 5.13. The van der Waals surface area contributed by atoms with Crippen LogP contribution in [0.2, 0.25) is 0 Å². The molecule has 8 heteroatoms. The molecule has 0 aromatic heterocycles. The van der Waals surface area contributed by atoms with Gasteiger partial charge in [0.2, 0.25) is 5.78 Å². The van der Waals surface area contributed by atoms with E-state index in [0.29, 0.717) is 17.0 Å². The lowest BCUT2D eigenvalue weighted by Gasteiger charge is -2.28.